The molecule has 2 unspecified atom stereocenters. The van der Waals surface area contributed by atoms with E-state index < -0.39 is 9.84 Å². The fraction of sp³-hybridized carbons (Fsp3) is 1.00. The van der Waals surface area contributed by atoms with Gasteiger partial charge in [0, 0.05) is 31.2 Å². The Kier molecular flexibility index (Phi) is 4.37. The summed E-state index contributed by atoms with van der Waals surface area (Å²) < 4.78 is 24.4. The van der Waals surface area contributed by atoms with Crippen LogP contribution in [0.25, 0.3) is 0 Å². The second-order valence-corrected chi connectivity index (χ2v) is 10.1. The van der Waals surface area contributed by atoms with Crippen LogP contribution in [0.3, 0.4) is 0 Å². The zero-order chi connectivity index (χ0) is 15.1. The van der Waals surface area contributed by atoms with Gasteiger partial charge in [0.25, 0.3) is 0 Å². The molecule has 3 rings (SSSR count). The van der Waals surface area contributed by atoms with Crippen molar-refractivity contribution in [2.75, 3.05) is 25.4 Å². The Balaban J connectivity index is 1.74. The number of sulfone groups is 1. The standard InChI is InChI=1S/C16H30N2O2S/c1-13(2)15-10-17-16(7-3-4-8-16)12-18(15)11-14-6-5-9-21(14,19)20/h13-15,17H,3-12H2,1-2H3. The average molecular weight is 314 g/mol. The largest absolute Gasteiger partial charge is 0.308 e. The Labute approximate surface area is 129 Å². The summed E-state index contributed by atoms with van der Waals surface area (Å²) in [5, 5.41) is 3.69. The van der Waals surface area contributed by atoms with Gasteiger partial charge in [-0.3, -0.25) is 4.90 Å². The number of rotatable bonds is 3. The van der Waals surface area contributed by atoms with Gasteiger partial charge in [-0.2, -0.15) is 0 Å². The fourth-order valence-electron chi connectivity index (χ4n) is 4.58. The highest BCUT2D eigenvalue weighted by atomic mass is 32.2. The second kappa shape index (κ2) is 5.82. The minimum atomic E-state index is -2.83. The van der Waals surface area contributed by atoms with Crippen molar-refractivity contribution in [3.63, 3.8) is 0 Å². The van der Waals surface area contributed by atoms with E-state index in [1.165, 1.54) is 25.7 Å². The SMILES string of the molecule is CC(C)C1CNC2(CCCC2)CN1CC1CCCS1(=O)=O. The Hall–Kier alpha value is -0.130. The van der Waals surface area contributed by atoms with Gasteiger partial charge < -0.3 is 5.32 Å². The van der Waals surface area contributed by atoms with Crippen LogP contribution in [0.5, 0.6) is 0 Å². The van der Waals surface area contributed by atoms with Crippen molar-refractivity contribution in [2.45, 2.75) is 69.2 Å². The van der Waals surface area contributed by atoms with E-state index in [2.05, 4.69) is 24.1 Å². The van der Waals surface area contributed by atoms with Gasteiger partial charge in [0.1, 0.15) is 0 Å². The Bertz CT molecular complexity index is 469. The molecule has 2 aliphatic heterocycles. The highest BCUT2D eigenvalue weighted by Gasteiger charge is 2.43. The molecular formula is C16H30N2O2S. The highest BCUT2D eigenvalue weighted by Crippen LogP contribution is 2.35. The molecule has 122 valence electrons. The molecule has 4 nitrogen and oxygen atoms in total. The highest BCUT2D eigenvalue weighted by molar-refractivity contribution is 7.92. The molecule has 2 saturated heterocycles. The normalized spacial score (nSPS) is 35.8. The number of hydrogen-bond donors (Lipinski definition) is 1. The lowest BCUT2D eigenvalue weighted by Gasteiger charge is -2.48. The van der Waals surface area contributed by atoms with Crippen molar-refractivity contribution < 1.29 is 8.42 Å². The quantitative estimate of drug-likeness (QED) is 0.863. The molecule has 21 heavy (non-hydrogen) atoms. The summed E-state index contributed by atoms with van der Waals surface area (Å²) in [6.45, 7) is 7.34. The number of hydrogen-bond acceptors (Lipinski definition) is 4. The van der Waals surface area contributed by atoms with Crippen molar-refractivity contribution in [1.82, 2.24) is 10.2 Å². The van der Waals surface area contributed by atoms with Crippen molar-refractivity contribution in [2.24, 2.45) is 5.92 Å². The lowest BCUT2D eigenvalue weighted by atomic mass is 9.89. The van der Waals surface area contributed by atoms with E-state index >= 15 is 0 Å². The molecule has 1 aliphatic carbocycles. The lowest BCUT2D eigenvalue weighted by molar-refractivity contribution is 0.0569. The van der Waals surface area contributed by atoms with E-state index in [4.69, 9.17) is 0 Å². The lowest BCUT2D eigenvalue weighted by Crippen LogP contribution is -2.65. The smallest absolute Gasteiger partial charge is 0.154 e. The predicted molar refractivity (Wildman–Crippen MR) is 86.2 cm³/mol. The summed E-state index contributed by atoms with van der Waals surface area (Å²) in [5.41, 5.74) is 0.272. The van der Waals surface area contributed by atoms with Crippen LogP contribution in [-0.4, -0.2) is 55.5 Å². The van der Waals surface area contributed by atoms with Crippen molar-refractivity contribution in [3.05, 3.63) is 0 Å². The van der Waals surface area contributed by atoms with Crippen LogP contribution in [0.4, 0.5) is 0 Å². The van der Waals surface area contributed by atoms with E-state index in [1.807, 2.05) is 0 Å². The summed E-state index contributed by atoms with van der Waals surface area (Å²) in [6.07, 6.45) is 6.86. The molecular weight excluding hydrogens is 284 g/mol. The molecule has 0 radical (unpaired) electrons. The molecule has 2 heterocycles. The van der Waals surface area contributed by atoms with Gasteiger partial charge in [-0.05, 0) is 31.6 Å². The van der Waals surface area contributed by atoms with E-state index in [0.717, 1.165) is 32.5 Å². The van der Waals surface area contributed by atoms with Crippen LogP contribution >= 0.6 is 0 Å². The molecule has 0 amide bonds. The van der Waals surface area contributed by atoms with Gasteiger partial charge in [0.05, 0.1) is 11.0 Å². The predicted octanol–water partition coefficient (Wildman–Crippen LogP) is 1.81. The molecule has 0 aromatic heterocycles. The van der Waals surface area contributed by atoms with Gasteiger partial charge in [-0.1, -0.05) is 26.7 Å². The Morgan fingerprint density at radius 1 is 1.24 bits per heavy atom. The number of piperazine rings is 1. The number of nitrogens with zero attached hydrogens (tertiary/aromatic N) is 1. The Morgan fingerprint density at radius 3 is 2.52 bits per heavy atom. The zero-order valence-electron chi connectivity index (χ0n) is 13.5. The van der Waals surface area contributed by atoms with Crippen molar-refractivity contribution in [1.29, 1.82) is 0 Å². The molecule has 1 spiro atoms. The van der Waals surface area contributed by atoms with Crippen molar-refractivity contribution in [3.8, 4) is 0 Å². The first-order chi connectivity index (χ1) is 9.92. The minimum absolute atomic E-state index is 0.115. The molecule has 0 aromatic rings. The number of nitrogens with one attached hydrogen (secondary N) is 1. The zero-order valence-corrected chi connectivity index (χ0v) is 14.3. The molecule has 0 aromatic carbocycles. The van der Waals surface area contributed by atoms with Crippen LogP contribution in [0.15, 0.2) is 0 Å². The maximum Gasteiger partial charge on any atom is 0.154 e. The summed E-state index contributed by atoms with van der Waals surface area (Å²) in [5.74, 6) is 0.974. The van der Waals surface area contributed by atoms with Crippen LogP contribution in [0, 0.1) is 5.92 Å². The molecule has 3 fully saturated rings. The van der Waals surface area contributed by atoms with E-state index in [1.54, 1.807) is 0 Å². The average Bonchev–Trinajstić information content (AvgIpc) is 2.97. The van der Waals surface area contributed by atoms with Gasteiger partial charge in [-0.15, -0.1) is 0 Å². The molecule has 5 heteroatoms. The van der Waals surface area contributed by atoms with Crippen molar-refractivity contribution >= 4 is 9.84 Å². The summed E-state index contributed by atoms with van der Waals surface area (Å²) >= 11 is 0. The van der Waals surface area contributed by atoms with Gasteiger partial charge in [0.15, 0.2) is 9.84 Å². The van der Waals surface area contributed by atoms with E-state index in [-0.39, 0.29) is 10.8 Å². The summed E-state index contributed by atoms with van der Waals surface area (Å²) in [7, 11) is -2.83. The monoisotopic (exact) mass is 314 g/mol. The molecule has 2 atom stereocenters. The molecule has 1 N–H and O–H groups in total. The third kappa shape index (κ3) is 3.15. The third-order valence-corrected chi connectivity index (χ3v) is 8.15. The topological polar surface area (TPSA) is 49.4 Å². The van der Waals surface area contributed by atoms with Crippen LogP contribution in [0.2, 0.25) is 0 Å². The Morgan fingerprint density at radius 2 is 1.95 bits per heavy atom. The minimum Gasteiger partial charge on any atom is -0.308 e. The third-order valence-electron chi connectivity index (χ3n) is 5.89. The second-order valence-electron chi connectivity index (χ2n) is 7.74. The summed E-state index contributed by atoms with van der Waals surface area (Å²) in [6, 6.07) is 0.479. The maximum atomic E-state index is 12.2. The molecule has 1 saturated carbocycles. The van der Waals surface area contributed by atoms with E-state index in [0.29, 0.717) is 17.7 Å². The van der Waals surface area contributed by atoms with Gasteiger partial charge in [0.2, 0.25) is 0 Å². The van der Waals surface area contributed by atoms with Gasteiger partial charge >= 0.3 is 0 Å². The first kappa shape index (κ1) is 15.8. The van der Waals surface area contributed by atoms with E-state index in [9.17, 15) is 8.42 Å². The maximum absolute atomic E-state index is 12.2. The molecule has 3 aliphatic rings. The van der Waals surface area contributed by atoms with Crippen LogP contribution in [-0.2, 0) is 9.84 Å². The first-order valence-corrected chi connectivity index (χ1v) is 10.3. The fourth-order valence-corrected chi connectivity index (χ4v) is 6.43. The molecule has 0 bridgehead atoms. The summed E-state index contributed by atoms with van der Waals surface area (Å²) in [4.78, 5) is 2.51. The van der Waals surface area contributed by atoms with Crippen LogP contribution < -0.4 is 5.32 Å². The van der Waals surface area contributed by atoms with Gasteiger partial charge in [-0.25, -0.2) is 8.42 Å². The first-order valence-electron chi connectivity index (χ1n) is 8.63. The van der Waals surface area contributed by atoms with Crippen LogP contribution in [0.1, 0.15) is 52.4 Å².